The van der Waals surface area contributed by atoms with E-state index in [1.807, 2.05) is 6.07 Å². The van der Waals surface area contributed by atoms with Gasteiger partial charge >= 0.3 is 0 Å². The second kappa shape index (κ2) is 12.4. The topological polar surface area (TPSA) is 102 Å². The van der Waals surface area contributed by atoms with Gasteiger partial charge in [0, 0.05) is 42.6 Å². The van der Waals surface area contributed by atoms with E-state index < -0.39 is 53.8 Å². The molecule has 8 nitrogen and oxygen atoms in total. The van der Waals surface area contributed by atoms with Gasteiger partial charge in [-0.3, -0.25) is 19.8 Å². The molecule has 1 aliphatic carbocycles. The Balaban J connectivity index is 1.40. The quantitative estimate of drug-likeness (QED) is 0.238. The number of ether oxygens (including phenoxy) is 1. The van der Waals surface area contributed by atoms with Gasteiger partial charge in [0.15, 0.2) is 0 Å². The summed E-state index contributed by atoms with van der Waals surface area (Å²) in [7, 11) is 0. The number of carbonyl (C=O) groups is 2. The number of halogens is 5. The highest BCUT2D eigenvalue weighted by molar-refractivity contribution is 6.31. The molecule has 2 aromatic carbocycles. The van der Waals surface area contributed by atoms with Crippen LogP contribution in [0.3, 0.4) is 0 Å². The van der Waals surface area contributed by atoms with E-state index in [1.165, 1.54) is 28.1 Å². The van der Waals surface area contributed by atoms with E-state index in [0.29, 0.717) is 11.6 Å². The van der Waals surface area contributed by atoms with Crippen molar-refractivity contribution >= 4 is 34.9 Å². The minimum Gasteiger partial charge on any atom is -0.351 e. The number of rotatable bonds is 8. The summed E-state index contributed by atoms with van der Waals surface area (Å²) in [6.45, 7) is 0. The van der Waals surface area contributed by atoms with E-state index in [0.717, 1.165) is 12.1 Å². The highest BCUT2D eigenvalue weighted by atomic mass is 35.5. The van der Waals surface area contributed by atoms with Gasteiger partial charge in [-0.15, -0.1) is 0 Å². The van der Waals surface area contributed by atoms with Gasteiger partial charge in [-0.1, -0.05) is 29.8 Å². The molecule has 3 heterocycles. The van der Waals surface area contributed by atoms with Gasteiger partial charge in [-0.2, -0.15) is 5.26 Å². The van der Waals surface area contributed by atoms with Crippen LogP contribution < -0.4 is 15.1 Å². The minimum absolute atomic E-state index is 0.00654. The van der Waals surface area contributed by atoms with Crippen LogP contribution in [0.2, 0.25) is 5.02 Å². The van der Waals surface area contributed by atoms with E-state index in [-0.39, 0.29) is 66.7 Å². The molecule has 4 atom stereocenters. The van der Waals surface area contributed by atoms with Crippen molar-refractivity contribution in [3.8, 4) is 6.07 Å². The van der Waals surface area contributed by atoms with E-state index in [1.54, 1.807) is 24.3 Å². The average molecular weight is 642 g/mol. The van der Waals surface area contributed by atoms with E-state index in [9.17, 15) is 32.4 Å². The van der Waals surface area contributed by atoms with E-state index in [2.05, 4.69) is 10.3 Å². The van der Waals surface area contributed by atoms with Crippen LogP contribution >= 0.6 is 11.6 Å². The summed E-state index contributed by atoms with van der Waals surface area (Å²) in [4.78, 5) is 34.4. The van der Waals surface area contributed by atoms with Crippen LogP contribution in [0.1, 0.15) is 55.7 Å². The Labute approximate surface area is 261 Å². The molecule has 3 aliphatic rings. The maximum atomic E-state index is 14.7. The molecular formula is C32H28ClF4N5O3. The number of amides is 2. The lowest BCUT2D eigenvalue weighted by atomic mass is 9.92. The Morgan fingerprint density at radius 1 is 1.11 bits per heavy atom. The molecule has 3 fully saturated rings. The number of nitrogens with zero attached hydrogens (tertiary/aromatic N) is 4. The first-order chi connectivity index (χ1) is 21.5. The molecule has 2 aliphatic heterocycles. The summed E-state index contributed by atoms with van der Waals surface area (Å²) >= 11 is 6.65. The number of epoxide rings is 1. The fourth-order valence-corrected chi connectivity index (χ4v) is 6.45. The second-order valence-corrected chi connectivity index (χ2v) is 11.9. The Bertz CT molecular complexity index is 1640. The molecule has 4 unspecified atom stereocenters. The van der Waals surface area contributed by atoms with Crippen LogP contribution in [-0.4, -0.2) is 47.1 Å². The Morgan fingerprint density at radius 3 is 2.51 bits per heavy atom. The predicted molar refractivity (Wildman–Crippen MR) is 156 cm³/mol. The Hall–Kier alpha value is -4.05. The van der Waals surface area contributed by atoms with Crippen LogP contribution in [0.25, 0.3) is 0 Å². The lowest BCUT2D eigenvalue weighted by molar-refractivity contribution is -0.122. The van der Waals surface area contributed by atoms with Crippen molar-refractivity contribution in [1.82, 2.24) is 10.3 Å². The summed E-state index contributed by atoms with van der Waals surface area (Å²) < 4.78 is 63.0. The van der Waals surface area contributed by atoms with Crippen LogP contribution in [-0.2, 0) is 14.3 Å². The molecule has 2 amide bonds. The predicted octanol–water partition coefficient (Wildman–Crippen LogP) is 6.05. The van der Waals surface area contributed by atoms with Crippen LogP contribution in [0, 0.1) is 23.0 Å². The number of nitrogens with one attached hydrogen (secondary N) is 1. The molecule has 0 radical (unpaired) electrons. The lowest BCUT2D eigenvalue weighted by Gasteiger charge is -2.36. The number of benzene rings is 2. The molecule has 0 spiro atoms. The molecule has 6 rings (SSSR count). The van der Waals surface area contributed by atoms with Crippen LogP contribution in [0.5, 0.6) is 0 Å². The van der Waals surface area contributed by atoms with Crippen molar-refractivity contribution in [2.75, 3.05) is 9.80 Å². The third kappa shape index (κ3) is 6.52. The van der Waals surface area contributed by atoms with Crippen molar-refractivity contribution in [2.45, 2.75) is 74.9 Å². The highest BCUT2D eigenvalue weighted by Gasteiger charge is 2.53. The number of nitriles is 1. The molecule has 3 aromatic rings. The molecule has 13 heteroatoms. The van der Waals surface area contributed by atoms with Crippen molar-refractivity contribution in [1.29, 1.82) is 5.26 Å². The van der Waals surface area contributed by atoms with Gasteiger partial charge in [-0.25, -0.2) is 22.5 Å². The van der Waals surface area contributed by atoms with E-state index >= 15 is 0 Å². The minimum atomic E-state index is -2.72. The third-order valence-electron chi connectivity index (χ3n) is 8.44. The average Bonchev–Trinajstić information content (AvgIpc) is 3.65. The zero-order valence-corrected chi connectivity index (χ0v) is 24.6. The monoisotopic (exact) mass is 641 g/mol. The van der Waals surface area contributed by atoms with Gasteiger partial charge in [0.1, 0.15) is 35.8 Å². The standard InChI is InChI=1S/C32H28ClF4N5O3/c33-24-4-2-1-3-23(24)28(29-30(45-29)40-21-7-10-32(36,37)11-8-21)41(22-15-19(34)14-20(35)16-22)31(44)25-5-6-27(43)42(25)26-13-18(17-38)9-12-39-26/h1-4,9,12-16,21,25,28-30,40H,5-8,10-11H2. The number of carbonyl (C=O) groups excluding carboxylic acids is 2. The fourth-order valence-electron chi connectivity index (χ4n) is 6.20. The lowest BCUT2D eigenvalue weighted by Crippen LogP contribution is -2.50. The second-order valence-electron chi connectivity index (χ2n) is 11.5. The smallest absolute Gasteiger partial charge is 0.250 e. The summed E-state index contributed by atoms with van der Waals surface area (Å²) in [5, 5.41) is 12.9. The van der Waals surface area contributed by atoms with Crippen LogP contribution in [0.15, 0.2) is 60.8 Å². The third-order valence-corrected chi connectivity index (χ3v) is 8.78. The van der Waals surface area contributed by atoms with Crippen molar-refractivity contribution in [3.63, 3.8) is 0 Å². The first-order valence-corrected chi connectivity index (χ1v) is 14.9. The zero-order chi connectivity index (χ0) is 31.9. The maximum Gasteiger partial charge on any atom is 0.250 e. The number of aromatic nitrogens is 1. The summed E-state index contributed by atoms with van der Waals surface area (Å²) in [5.41, 5.74) is 0.513. The molecule has 2 saturated heterocycles. The summed E-state index contributed by atoms with van der Waals surface area (Å²) in [6.07, 6.45) is -0.130. The molecule has 0 bridgehead atoms. The number of pyridine rings is 1. The fraction of sp³-hybridized carbons (Fsp3) is 0.375. The van der Waals surface area contributed by atoms with Gasteiger partial charge < -0.3 is 9.64 Å². The number of hydrogen-bond acceptors (Lipinski definition) is 6. The molecule has 234 valence electrons. The molecular weight excluding hydrogens is 614 g/mol. The van der Waals surface area contributed by atoms with Crippen molar-refractivity contribution in [2.24, 2.45) is 0 Å². The highest BCUT2D eigenvalue weighted by Crippen LogP contribution is 2.45. The zero-order valence-electron chi connectivity index (χ0n) is 23.8. The maximum absolute atomic E-state index is 14.7. The van der Waals surface area contributed by atoms with Gasteiger partial charge in [0.25, 0.3) is 5.91 Å². The number of hydrogen-bond donors (Lipinski definition) is 1. The summed E-state index contributed by atoms with van der Waals surface area (Å²) in [6, 6.07) is 11.7. The van der Waals surface area contributed by atoms with Crippen LogP contribution in [0.4, 0.5) is 29.1 Å². The molecule has 45 heavy (non-hydrogen) atoms. The Kier molecular flexibility index (Phi) is 8.52. The van der Waals surface area contributed by atoms with Gasteiger partial charge in [0.2, 0.25) is 11.8 Å². The first-order valence-electron chi connectivity index (χ1n) is 14.6. The van der Waals surface area contributed by atoms with Crippen molar-refractivity contribution in [3.05, 3.63) is 88.6 Å². The number of anilines is 2. The normalized spacial score (nSPS) is 23.4. The largest absolute Gasteiger partial charge is 0.351 e. The van der Waals surface area contributed by atoms with Gasteiger partial charge in [-0.05, 0) is 55.2 Å². The molecule has 1 N–H and O–H groups in total. The number of alkyl halides is 2. The summed E-state index contributed by atoms with van der Waals surface area (Å²) in [5.74, 6) is -5.58. The van der Waals surface area contributed by atoms with Gasteiger partial charge in [0.05, 0.1) is 23.4 Å². The molecule has 1 saturated carbocycles. The SMILES string of the molecule is N#Cc1ccnc(N2C(=O)CCC2C(=O)N(c2cc(F)cc(F)c2)C(c2ccccc2Cl)C2OC2NC2CCC(F)(F)CC2)c1. The first kappa shape index (κ1) is 31.0. The van der Waals surface area contributed by atoms with Crippen molar-refractivity contribution < 1.29 is 31.9 Å². The molecule has 1 aromatic heterocycles. The van der Waals surface area contributed by atoms with E-state index in [4.69, 9.17) is 16.3 Å². The Morgan fingerprint density at radius 2 is 1.82 bits per heavy atom.